The number of morpholine rings is 1. The number of hydrogen-bond donors (Lipinski definition) is 4. The van der Waals surface area contributed by atoms with Crippen molar-refractivity contribution in [3.05, 3.63) is 71.3 Å². The fourth-order valence-corrected chi connectivity index (χ4v) is 4.38. The van der Waals surface area contributed by atoms with Gasteiger partial charge in [0.2, 0.25) is 0 Å². The summed E-state index contributed by atoms with van der Waals surface area (Å²) in [5.74, 6) is 0.462. The van der Waals surface area contributed by atoms with Gasteiger partial charge in [0.05, 0.1) is 11.1 Å². The van der Waals surface area contributed by atoms with Crippen molar-refractivity contribution in [1.82, 2.24) is 0 Å². The van der Waals surface area contributed by atoms with Crippen molar-refractivity contribution in [2.24, 2.45) is 11.5 Å². The Morgan fingerprint density at radius 1 is 0.658 bits per heavy atom. The van der Waals surface area contributed by atoms with Gasteiger partial charge in [0, 0.05) is 48.3 Å². The summed E-state index contributed by atoms with van der Waals surface area (Å²) in [7, 11) is 0. The Bertz CT molecular complexity index is 943. The molecule has 2 aliphatic carbocycles. The fourth-order valence-electron chi connectivity index (χ4n) is 4.38. The number of nitrogens with two attached hydrogens (primary N) is 2. The molecule has 204 valence electrons. The molecular weight excluding hydrogens is 534 g/mol. The van der Waals surface area contributed by atoms with Crippen molar-refractivity contribution in [1.29, 1.82) is 0 Å². The number of nitrogens with zero attached hydrogens (tertiary/aromatic N) is 2. The molecule has 2 saturated heterocycles. The van der Waals surface area contributed by atoms with Crippen LogP contribution in [-0.4, -0.2) is 86.7 Å². The van der Waals surface area contributed by atoms with Gasteiger partial charge in [-0.15, -0.1) is 0 Å². The van der Waals surface area contributed by atoms with E-state index >= 15 is 0 Å². The molecule has 0 aromatic rings. The summed E-state index contributed by atoms with van der Waals surface area (Å²) in [5.41, 5.74) is 14.4. The van der Waals surface area contributed by atoms with Crippen molar-refractivity contribution in [2.75, 3.05) is 39.4 Å². The summed E-state index contributed by atoms with van der Waals surface area (Å²) in [6.07, 6.45) is 19.8. The second-order valence-electron chi connectivity index (χ2n) is 10.9. The SMILES string of the molecule is CC(C)(N)C(O)=C1C=CC(=[N+]2CCCCC2)C=C1.CC(C)(N)C(O)=C1C=CC(=[N+]2CCOCC2)C=C1.O.[Zn+2]. The van der Waals surface area contributed by atoms with Gasteiger partial charge < -0.3 is 31.9 Å². The monoisotopic (exact) mass is 578 g/mol. The Hall–Kier alpha value is -2.16. The second-order valence-corrected chi connectivity index (χ2v) is 10.9. The van der Waals surface area contributed by atoms with Gasteiger partial charge in [-0.1, -0.05) is 0 Å². The van der Waals surface area contributed by atoms with E-state index < -0.39 is 11.1 Å². The van der Waals surface area contributed by atoms with Crippen molar-refractivity contribution < 1.29 is 49.1 Å². The smallest absolute Gasteiger partial charge is 0.510 e. The third-order valence-corrected chi connectivity index (χ3v) is 6.60. The van der Waals surface area contributed by atoms with E-state index in [9.17, 15) is 10.2 Å². The molecule has 2 fully saturated rings. The summed E-state index contributed by atoms with van der Waals surface area (Å²) >= 11 is 0. The van der Waals surface area contributed by atoms with E-state index in [1.54, 1.807) is 27.7 Å². The van der Waals surface area contributed by atoms with E-state index in [0.29, 0.717) is 0 Å². The van der Waals surface area contributed by atoms with Crippen LogP contribution >= 0.6 is 0 Å². The average molecular weight is 580 g/mol. The van der Waals surface area contributed by atoms with Crippen molar-refractivity contribution >= 4 is 11.4 Å². The van der Waals surface area contributed by atoms with Gasteiger partial charge in [-0.3, -0.25) is 0 Å². The molecule has 0 saturated carbocycles. The minimum absolute atomic E-state index is 0. The minimum atomic E-state index is -0.708. The first kappa shape index (κ1) is 33.9. The maximum absolute atomic E-state index is 10.0. The second kappa shape index (κ2) is 14.8. The summed E-state index contributed by atoms with van der Waals surface area (Å²) in [6.45, 7) is 12.8. The van der Waals surface area contributed by atoms with Crippen LogP contribution in [0.1, 0.15) is 47.0 Å². The molecule has 0 bridgehead atoms. The normalized spacial score (nSPS) is 19.4. The van der Waals surface area contributed by atoms with Crippen LogP contribution in [0.5, 0.6) is 0 Å². The van der Waals surface area contributed by atoms with Crippen LogP contribution in [0.4, 0.5) is 0 Å². The maximum atomic E-state index is 10.0. The largest absolute Gasteiger partial charge is 2.00 e. The number of aliphatic hydroxyl groups is 2. The molecule has 0 radical (unpaired) electrons. The number of aliphatic hydroxyl groups excluding tert-OH is 2. The zero-order valence-corrected chi connectivity index (χ0v) is 26.5. The molecule has 0 spiro atoms. The Labute approximate surface area is 240 Å². The predicted octanol–water partition coefficient (Wildman–Crippen LogP) is 2.62. The molecule has 38 heavy (non-hydrogen) atoms. The number of piperidine rings is 1. The van der Waals surface area contributed by atoms with Gasteiger partial charge in [0.15, 0.2) is 24.5 Å². The van der Waals surface area contributed by atoms with Crippen molar-refractivity contribution in [3.8, 4) is 0 Å². The molecule has 2 aliphatic heterocycles. The first-order valence-corrected chi connectivity index (χ1v) is 13.0. The molecule has 0 unspecified atom stereocenters. The fraction of sp³-hybridized carbons (Fsp3) is 0.517. The van der Waals surface area contributed by atoms with Crippen molar-refractivity contribution in [2.45, 2.75) is 58.0 Å². The van der Waals surface area contributed by atoms with E-state index in [1.165, 1.54) is 25.0 Å². The van der Waals surface area contributed by atoms with Gasteiger partial charge >= 0.3 is 19.5 Å². The van der Waals surface area contributed by atoms with E-state index in [-0.39, 0.29) is 36.5 Å². The number of allylic oxidation sites excluding steroid dienone is 10. The number of ether oxygens (including phenoxy) is 1. The van der Waals surface area contributed by atoms with Crippen LogP contribution in [0.3, 0.4) is 0 Å². The van der Waals surface area contributed by atoms with Crippen LogP contribution in [0.25, 0.3) is 0 Å². The van der Waals surface area contributed by atoms with Crippen LogP contribution in [-0.2, 0) is 24.2 Å². The number of hydrogen-bond acceptors (Lipinski definition) is 5. The van der Waals surface area contributed by atoms with Gasteiger partial charge in [0.25, 0.3) is 0 Å². The predicted molar refractivity (Wildman–Crippen MR) is 151 cm³/mol. The molecule has 0 aromatic heterocycles. The van der Waals surface area contributed by atoms with Crippen LogP contribution in [0, 0.1) is 0 Å². The summed E-state index contributed by atoms with van der Waals surface area (Å²) < 4.78 is 10.0. The Morgan fingerprint density at radius 3 is 1.34 bits per heavy atom. The molecule has 4 rings (SSSR count). The van der Waals surface area contributed by atoms with Gasteiger partial charge in [-0.2, -0.15) is 0 Å². The molecule has 0 aromatic carbocycles. The van der Waals surface area contributed by atoms with Gasteiger partial charge in [0.1, 0.15) is 37.8 Å². The van der Waals surface area contributed by atoms with E-state index in [4.69, 9.17) is 16.2 Å². The third-order valence-electron chi connectivity index (χ3n) is 6.60. The summed E-state index contributed by atoms with van der Waals surface area (Å²) in [4.78, 5) is 0. The molecular formula is C29H46N4O4Zn+4. The zero-order chi connectivity index (χ0) is 26.3. The van der Waals surface area contributed by atoms with E-state index in [0.717, 1.165) is 56.3 Å². The molecule has 0 amide bonds. The summed E-state index contributed by atoms with van der Waals surface area (Å²) in [6, 6.07) is 0. The molecule has 0 atom stereocenters. The zero-order valence-electron chi connectivity index (χ0n) is 23.5. The molecule has 9 heteroatoms. The van der Waals surface area contributed by atoms with Crippen LogP contribution in [0.15, 0.2) is 71.3 Å². The molecule has 8 N–H and O–H groups in total. The molecule has 4 aliphatic rings. The topological polar surface area (TPSA) is 139 Å². The standard InChI is InChI=1S/C15H22N2O.C14H20N2O2.H2O.Zn/c1-15(2,16)14(18)12-6-8-13(9-7-12)17-10-4-3-5-11-17;1-14(2,15)13(17)11-3-5-12(6-4-11)16-7-9-18-10-8-16;;/h6-9H,3-5,10-11,16H2,1-2H3;3-6H,7-10,15H2,1-2H3;1H2;/q;;;+2/p+2. The quantitative estimate of drug-likeness (QED) is 0.226. The first-order valence-electron chi connectivity index (χ1n) is 13.0. The minimum Gasteiger partial charge on any atom is -0.510 e. The van der Waals surface area contributed by atoms with Crippen molar-refractivity contribution in [3.63, 3.8) is 0 Å². The Morgan fingerprint density at radius 2 is 1.00 bits per heavy atom. The third kappa shape index (κ3) is 9.55. The van der Waals surface area contributed by atoms with Gasteiger partial charge in [-0.05, 0) is 58.4 Å². The van der Waals surface area contributed by atoms with Crippen LogP contribution < -0.4 is 11.5 Å². The Kier molecular flexibility index (Phi) is 13.2. The van der Waals surface area contributed by atoms with Gasteiger partial charge in [-0.25, -0.2) is 9.15 Å². The molecule has 8 nitrogen and oxygen atoms in total. The maximum Gasteiger partial charge on any atom is 2.00 e. The Balaban J connectivity index is 0.000000361. The van der Waals surface area contributed by atoms with E-state index in [1.807, 2.05) is 36.5 Å². The average Bonchev–Trinajstić information content (AvgIpc) is 2.88. The summed E-state index contributed by atoms with van der Waals surface area (Å²) in [5, 5.41) is 20.1. The number of rotatable bonds is 2. The first-order chi connectivity index (χ1) is 17.0. The van der Waals surface area contributed by atoms with E-state index in [2.05, 4.69) is 21.3 Å². The molecule has 2 heterocycles. The van der Waals surface area contributed by atoms with Crippen LogP contribution in [0.2, 0.25) is 0 Å².